The van der Waals surface area contributed by atoms with Crippen LogP contribution in [-0.2, 0) is 14.3 Å². The molecule has 5 fully saturated rings. The summed E-state index contributed by atoms with van der Waals surface area (Å²) in [5.74, 6) is 1.92. The number of piperidine rings is 1. The number of nitrogens with zero attached hydrogens (tertiary/aromatic N) is 2. The zero-order chi connectivity index (χ0) is 18.9. The quantitative estimate of drug-likeness (QED) is 0.698. The van der Waals surface area contributed by atoms with Crippen LogP contribution in [0.25, 0.3) is 0 Å². The molecule has 0 spiro atoms. The molecule has 0 aromatic heterocycles. The Kier molecular flexibility index (Phi) is 5.94. The predicted molar refractivity (Wildman–Crippen MR) is 108 cm³/mol. The third-order valence-corrected chi connectivity index (χ3v) is 8.11. The Bertz CT molecular complexity index is 536. The van der Waals surface area contributed by atoms with Crippen LogP contribution in [0.4, 0.5) is 0 Å². The lowest BCUT2D eigenvalue weighted by atomic mass is 9.84. The topological polar surface area (TPSA) is 42.0 Å². The van der Waals surface area contributed by atoms with Gasteiger partial charge in [0.15, 0.2) is 0 Å². The molecule has 5 heteroatoms. The highest BCUT2D eigenvalue weighted by atomic mass is 16.5. The van der Waals surface area contributed by atoms with E-state index in [1.807, 2.05) is 0 Å². The van der Waals surface area contributed by atoms with Crippen molar-refractivity contribution in [1.82, 2.24) is 9.80 Å². The molecular formula is C23H38N2O3. The van der Waals surface area contributed by atoms with Crippen molar-refractivity contribution in [2.24, 2.45) is 11.8 Å². The molecule has 2 saturated heterocycles. The van der Waals surface area contributed by atoms with Gasteiger partial charge in [-0.1, -0.05) is 0 Å². The summed E-state index contributed by atoms with van der Waals surface area (Å²) in [6.07, 6.45) is 14.2. The van der Waals surface area contributed by atoms with E-state index >= 15 is 0 Å². The van der Waals surface area contributed by atoms with E-state index in [4.69, 9.17) is 9.47 Å². The van der Waals surface area contributed by atoms with Crippen molar-refractivity contribution in [3.8, 4) is 0 Å². The number of hydrogen-bond donors (Lipinski definition) is 0. The van der Waals surface area contributed by atoms with Crippen molar-refractivity contribution in [3.63, 3.8) is 0 Å². The Morgan fingerprint density at radius 3 is 2.18 bits per heavy atom. The van der Waals surface area contributed by atoms with E-state index in [1.54, 1.807) is 0 Å². The molecule has 2 heterocycles. The highest BCUT2D eigenvalue weighted by molar-refractivity contribution is 5.79. The molecule has 2 aliphatic heterocycles. The average Bonchev–Trinajstić information content (AvgIpc) is 3.43. The number of rotatable bonds is 6. The van der Waals surface area contributed by atoms with Crippen LogP contribution >= 0.6 is 0 Å². The van der Waals surface area contributed by atoms with E-state index in [9.17, 15) is 4.79 Å². The predicted octanol–water partition coefficient (Wildman–Crippen LogP) is 3.22. The van der Waals surface area contributed by atoms with Gasteiger partial charge in [0.25, 0.3) is 0 Å². The van der Waals surface area contributed by atoms with Gasteiger partial charge in [-0.25, -0.2) is 0 Å². The van der Waals surface area contributed by atoms with E-state index in [2.05, 4.69) is 9.80 Å². The van der Waals surface area contributed by atoms with Gasteiger partial charge in [0, 0.05) is 38.4 Å². The van der Waals surface area contributed by atoms with Gasteiger partial charge in [-0.2, -0.15) is 0 Å². The SMILES string of the molecule is O=C1COC2CCCC2N1C1CCN(C2CCC(COCC3CC3)CC2)CC1. The number of ether oxygens (including phenoxy) is 2. The largest absolute Gasteiger partial charge is 0.381 e. The average molecular weight is 391 g/mol. The normalized spacial score (nSPS) is 38.0. The summed E-state index contributed by atoms with van der Waals surface area (Å²) in [7, 11) is 0. The van der Waals surface area contributed by atoms with Crippen molar-refractivity contribution in [3.05, 3.63) is 0 Å². The molecule has 158 valence electrons. The van der Waals surface area contributed by atoms with E-state index in [0.29, 0.717) is 24.8 Å². The van der Waals surface area contributed by atoms with Gasteiger partial charge < -0.3 is 19.3 Å². The molecule has 5 rings (SSSR count). The molecule has 3 aliphatic carbocycles. The third-order valence-electron chi connectivity index (χ3n) is 8.11. The summed E-state index contributed by atoms with van der Waals surface area (Å²) < 4.78 is 11.7. The zero-order valence-corrected chi connectivity index (χ0v) is 17.4. The highest BCUT2D eigenvalue weighted by Gasteiger charge is 2.43. The Labute approximate surface area is 170 Å². The van der Waals surface area contributed by atoms with Crippen molar-refractivity contribution in [2.45, 2.75) is 94.9 Å². The summed E-state index contributed by atoms with van der Waals surface area (Å²) in [5, 5.41) is 0. The second kappa shape index (κ2) is 8.61. The maximum atomic E-state index is 12.6. The third kappa shape index (κ3) is 4.27. The first-order valence-corrected chi connectivity index (χ1v) is 12.0. The minimum absolute atomic E-state index is 0.244. The van der Waals surface area contributed by atoms with Crippen LogP contribution < -0.4 is 0 Å². The maximum absolute atomic E-state index is 12.6. The summed E-state index contributed by atoms with van der Waals surface area (Å²) in [4.78, 5) is 17.6. The van der Waals surface area contributed by atoms with Crippen LogP contribution in [0.3, 0.4) is 0 Å². The molecule has 0 radical (unpaired) electrons. The number of fused-ring (bicyclic) bond motifs is 1. The van der Waals surface area contributed by atoms with Gasteiger partial charge in [0.1, 0.15) is 6.61 Å². The summed E-state index contributed by atoms with van der Waals surface area (Å²) in [6.45, 7) is 4.65. The molecule has 1 amide bonds. The molecular weight excluding hydrogens is 352 g/mol. The standard InChI is InChI=1S/C23H38N2O3/c26-23-16-28-22-3-1-2-21(22)25(23)20-10-12-24(13-11-20)19-8-6-18(7-9-19)15-27-14-17-4-5-17/h17-22H,1-16H2. The maximum Gasteiger partial charge on any atom is 0.249 e. The summed E-state index contributed by atoms with van der Waals surface area (Å²) in [5.41, 5.74) is 0. The van der Waals surface area contributed by atoms with Crippen molar-refractivity contribution in [1.29, 1.82) is 0 Å². The van der Waals surface area contributed by atoms with Crippen molar-refractivity contribution < 1.29 is 14.3 Å². The number of amides is 1. The number of carbonyl (C=O) groups excluding carboxylic acids is 1. The van der Waals surface area contributed by atoms with Gasteiger partial charge in [-0.3, -0.25) is 4.79 Å². The lowest BCUT2D eigenvalue weighted by Crippen LogP contribution is -2.59. The zero-order valence-electron chi connectivity index (χ0n) is 17.4. The van der Waals surface area contributed by atoms with Gasteiger partial charge >= 0.3 is 0 Å². The fourth-order valence-electron chi connectivity index (χ4n) is 6.22. The van der Waals surface area contributed by atoms with Gasteiger partial charge in [-0.05, 0) is 82.5 Å². The number of hydrogen-bond acceptors (Lipinski definition) is 4. The lowest BCUT2D eigenvalue weighted by Gasteiger charge is -2.47. The molecule has 5 nitrogen and oxygen atoms in total. The van der Waals surface area contributed by atoms with Crippen LogP contribution in [-0.4, -0.2) is 72.8 Å². The van der Waals surface area contributed by atoms with Crippen LogP contribution in [0, 0.1) is 11.8 Å². The van der Waals surface area contributed by atoms with Gasteiger partial charge in [0.05, 0.1) is 12.1 Å². The molecule has 28 heavy (non-hydrogen) atoms. The number of carbonyl (C=O) groups is 1. The van der Waals surface area contributed by atoms with Crippen LogP contribution in [0.5, 0.6) is 0 Å². The smallest absolute Gasteiger partial charge is 0.249 e. The molecule has 0 aromatic carbocycles. The second-order valence-electron chi connectivity index (χ2n) is 10.1. The van der Waals surface area contributed by atoms with E-state index in [0.717, 1.165) is 56.8 Å². The van der Waals surface area contributed by atoms with E-state index in [1.165, 1.54) is 58.0 Å². The van der Waals surface area contributed by atoms with Crippen LogP contribution in [0.2, 0.25) is 0 Å². The van der Waals surface area contributed by atoms with Crippen molar-refractivity contribution >= 4 is 5.91 Å². The first kappa shape index (κ1) is 19.3. The number of likely N-dealkylation sites (tertiary alicyclic amines) is 1. The van der Waals surface area contributed by atoms with E-state index in [-0.39, 0.29) is 5.91 Å². The van der Waals surface area contributed by atoms with Crippen LogP contribution in [0.1, 0.15) is 70.6 Å². The molecule has 2 atom stereocenters. The molecule has 5 aliphatic rings. The summed E-state index contributed by atoms with van der Waals surface area (Å²) in [6, 6.07) is 1.58. The minimum Gasteiger partial charge on any atom is -0.381 e. The molecule has 0 N–H and O–H groups in total. The van der Waals surface area contributed by atoms with Crippen LogP contribution in [0.15, 0.2) is 0 Å². The first-order valence-electron chi connectivity index (χ1n) is 12.0. The molecule has 0 bridgehead atoms. The van der Waals surface area contributed by atoms with E-state index < -0.39 is 0 Å². The Morgan fingerprint density at radius 2 is 1.50 bits per heavy atom. The number of morpholine rings is 1. The molecule has 3 saturated carbocycles. The first-order chi connectivity index (χ1) is 13.8. The Morgan fingerprint density at radius 1 is 0.821 bits per heavy atom. The Balaban J connectivity index is 1.06. The summed E-state index contributed by atoms with van der Waals surface area (Å²) >= 11 is 0. The monoisotopic (exact) mass is 390 g/mol. The van der Waals surface area contributed by atoms with Crippen molar-refractivity contribution in [2.75, 3.05) is 32.9 Å². The van der Waals surface area contributed by atoms with Gasteiger partial charge in [-0.15, -0.1) is 0 Å². The molecule has 0 aromatic rings. The van der Waals surface area contributed by atoms with Gasteiger partial charge in [0.2, 0.25) is 5.91 Å². The minimum atomic E-state index is 0.244. The fourth-order valence-corrected chi connectivity index (χ4v) is 6.22. The highest BCUT2D eigenvalue weighted by Crippen LogP contribution is 2.35. The Hall–Kier alpha value is -0.650. The molecule has 2 unspecified atom stereocenters. The lowest BCUT2D eigenvalue weighted by molar-refractivity contribution is -0.160. The second-order valence-corrected chi connectivity index (χ2v) is 10.1. The fraction of sp³-hybridized carbons (Fsp3) is 0.957.